The van der Waals surface area contributed by atoms with E-state index in [9.17, 15) is 13.2 Å². The van der Waals surface area contributed by atoms with Crippen molar-refractivity contribution in [2.45, 2.75) is 40.0 Å². The van der Waals surface area contributed by atoms with Crippen LogP contribution in [0, 0.1) is 12.7 Å². The zero-order chi connectivity index (χ0) is 27.2. The Morgan fingerprint density at radius 1 is 1.24 bits per heavy atom. The maximum Gasteiger partial charge on any atom is 0.345 e. The van der Waals surface area contributed by atoms with E-state index in [1.54, 1.807) is 16.8 Å². The number of fused-ring (bicyclic) bond motifs is 1. The van der Waals surface area contributed by atoms with Gasteiger partial charge in [0.1, 0.15) is 30.0 Å². The molecule has 7 nitrogen and oxygen atoms in total. The molecule has 1 N–H and O–H groups in total. The number of hydrogen-bond donors (Lipinski definition) is 1. The zero-order valence-corrected chi connectivity index (χ0v) is 21.9. The summed E-state index contributed by atoms with van der Waals surface area (Å²) in [6.07, 6.45) is 3.83. The Morgan fingerprint density at radius 3 is 2.76 bits per heavy atom. The van der Waals surface area contributed by atoms with Gasteiger partial charge in [-0.15, -0.1) is 0 Å². The van der Waals surface area contributed by atoms with Crippen molar-refractivity contribution in [1.29, 1.82) is 0 Å². The van der Waals surface area contributed by atoms with Crippen molar-refractivity contribution in [3.05, 3.63) is 82.2 Å². The van der Waals surface area contributed by atoms with Gasteiger partial charge in [-0.05, 0) is 43.2 Å². The van der Waals surface area contributed by atoms with E-state index in [-0.39, 0.29) is 24.8 Å². The smallest absolute Gasteiger partial charge is 0.345 e. The van der Waals surface area contributed by atoms with Gasteiger partial charge in [-0.3, -0.25) is 0 Å². The van der Waals surface area contributed by atoms with Gasteiger partial charge >= 0.3 is 6.61 Å². The lowest BCUT2D eigenvalue weighted by atomic mass is 10.1. The summed E-state index contributed by atoms with van der Waals surface area (Å²) in [6.45, 7) is 0.739. The highest BCUT2D eigenvalue weighted by molar-refractivity contribution is 6.31. The highest BCUT2D eigenvalue weighted by atomic mass is 35.5. The van der Waals surface area contributed by atoms with Crippen molar-refractivity contribution in [3.63, 3.8) is 0 Å². The number of alkyl halides is 2. The van der Waals surface area contributed by atoms with Crippen LogP contribution in [0.15, 0.2) is 54.5 Å². The molecular weight excluding hydrogens is 519 g/mol. The Labute approximate surface area is 223 Å². The highest BCUT2D eigenvalue weighted by Gasteiger charge is 2.16. The summed E-state index contributed by atoms with van der Waals surface area (Å²) < 4.78 is 51.6. The zero-order valence-electron chi connectivity index (χ0n) is 21.1. The van der Waals surface area contributed by atoms with Crippen LogP contribution >= 0.6 is 11.6 Å². The first kappa shape index (κ1) is 27.4. The molecule has 11 heteroatoms. The standard InChI is InChI=1S/C27H27ClF3N5O2/c1-4-6-19(13-38-27(30)31)32-12-17-10-18(29)11-23(28)22(17)14-37-24-8-5-7-20-21(9-16(2)35-25(20)24)26-33-15-34-36(26)3/h5-11,15,27,32H,4,12-14H2,1-3H3/b19-6-. The van der Waals surface area contributed by atoms with Gasteiger partial charge in [0, 0.05) is 41.5 Å². The van der Waals surface area contributed by atoms with Gasteiger partial charge in [0.05, 0.1) is 11.6 Å². The molecule has 2 heterocycles. The average molecular weight is 546 g/mol. The monoisotopic (exact) mass is 545 g/mol. The molecule has 4 aromatic rings. The molecule has 0 aliphatic carbocycles. The van der Waals surface area contributed by atoms with Gasteiger partial charge in [-0.1, -0.05) is 36.7 Å². The molecule has 0 aliphatic heterocycles. The molecule has 0 fully saturated rings. The lowest BCUT2D eigenvalue weighted by Gasteiger charge is -2.17. The molecular formula is C27H27ClF3N5O2. The van der Waals surface area contributed by atoms with Crippen molar-refractivity contribution in [2.24, 2.45) is 7.05 Å². The van der Waals surface area contributed by atoms with Crippen LogP contribution in [0.3, 0.4) is 0 Å². The first-order chi connectivity index (χ1) is 18.3. The number of para-hydroxylation sites is 1. The van der Waals surface area contributed by atoms with Gasteiger partial charge in [0.15, 0.2) is 5.82 Å². The number of ether oxygens (including phenoxy) is 2. The number of aryl methyl sites for hydroxylation is 2. The molecule has 0 amide bonds. The van der Waals surface area contributed by atoms with E-state index in [2.05, 4.69) is 20.1 Å². The molecule has 0 aliphatic rings. The van der Waals surface area contributed by atoms with E-state index < -0.39 is 12.4 Å². The Bertz CT molecular complexity index is 1460. The lowest BCUT2D eigenvalue weighted by molar-refractivity contribution is -0.122. The SMILES string of the molecule is CC/C=C(/COC(F)F)NCc1cc(F)cc(Cl)c1COc1cccc2c(-c3ncnn3C)cc(C)nc12. The van der Waals surface area contributed by atoms with Crippen LogP contribution < -0.4 is 10.1 Å². The minimum Gasteiger partial charge on any atom is -0.487 e. The van der Waals surface area contributed by atoms with Crippen molar-refractivity contribution < 1.29 is 22.6 Å². The number of aromatic nitrogens is 4. The van der Waals surface area contributed by atoms with Crippen LogP contribution in [0.1, 0.15) is 30.2 Å². The summed E-state index contributed by atoms with van der Waals surface area (Å²) in [4.78, 5) is 9.06. The first-order valence-electron chi connectivity index (χ1n) is 11.9. The Kier molecular flexibility index (Phi) is 8.85. The summed E-state index contributed by atoms with van der Waals surface area (Å²) in [5, 5.41) is 8.24. The number of rotatable bonds is 11. The summed E-state index contributed by atoms with van der Waals surface area (Å²) in [5.41, 5.74) is 3.83. The molecule has 2 aromatic carbocycles. The number of nitrogens with zero attached hydrogens (tertiary/aromatic N) is 4. The second-order valence-electron chi connectivity index (χ2n) is 8.55. The van der Waals surface area contributed by atoms with E-state index in [1.165, 1.54) is 18.5 Å². The normalized spacial score (nSPS) is 11.9. The molecule has 0 atom stereocenters. The minimum absolute atomic E-state index is 0.0323. The van der Waals surface area contributed by atoms with E-state index in [1.807, 2.05) is 39.1 Å². The lowest BCUT2D eigenvalue weighted by Crippen LogP contribution is -2.20. The Morgan fingerprint density at radius 2 is 2.05 bits per heavy atom. The number of pyridine rings is 1. The molecule has 0 radical (unpaired) electrons. The molecule has 0 saturated carbocycles. The molecule has 0 saturated heterocycles. The maximum atomic E-state index is 14.2. The van der Waals surface area contributed by atoms with E-state index in [0.717, 1.165) is 16.6 Å². The molecule has 0 spiro atoms. The van der Waals surface area contributed by atoms with Crippen molar-refractivity contribution in [1.82, 2.24) is 25.1 Å². The Hall–Kier alpha value is -3.63. The van der Waals surface area contributed by atoms with Crippen LogP contribution in [0.5, 0.6) is 5.75 Å². The van der Waals surface area contributed by atoms with Gasteiger partial charge < -0.3 is 14.8 Å². The molecule has 38 heavy (non-hydrogen) atoms. The van der Waals surface area contributed by atoms with Gasteiger partial charge in [-0.2, -0.15) is 13.9 Å². The van der Waals surface area contributed by atoms with Crippen LogP contribution in [0.4, 0.5) is 13.2 Å². The Balaban J connectivity index is 1.62. The minimum atomic E-state index is -2.89. The fourth-order valence-corrected chi connectivity index (χ4v) is 4.39. The second kappa shape index (κ2) is 12.3. The quantitative estimate of drug-likeness (QED) is 0.237. The van der Waals surface area contributed by atoms with E-state index >= 15 is 0 Å². The average Bonchev–Trinajstić information content (AvgIpc) is 3.30. The predicted octanol–water partition coefficient (Wildman–Crippen LogP) is 6.33. The van der Waals surface area contributed by atoms with E-state index in [4.69, 9.17) is 21.3 Å². The number of nitrogens with one attached hydrogen (secondary N) is 1. The van der Waals surface area contributed by atoms with Gasteiger partial charge in [0.25, 0.3) is 0 Å². The van der Waals surface area contributed by atoms with Crippen LogP contribution in [-0.4, -0.2) is 33.0 Å². The fraction of sp³-hybridized carbons (Fsp3) is 0.296. The molecule has 2 aromatic heterocycles. The topological polar surface area (TPSA) is 74.1 Å². The predicted molar refractivity (Wildman–Crippen MR) is 139 cm³/mol. The molecule has 0 unspecified atom stereocenters. The fourth-order valence-electron chi connectivity index (χ4n) is 4.11. The second-order valence-corrected chi connectivity index (χ2v) is 8.95. The summed E-state index contributed by atoms with van der Waals surface area (Å²) in [6, 6.07) is 10.1. The summed E-state index contributed by atoms with van der Waals surface area (Å²) >= 11 is 6.41. The summed E-state index contributed by atoms with van der Waals surface area (Å²) in [7, 11) is 1.82. The number of allylic oxidation sites excluding steroid dienone is 1. The molecule has 4 rings (SSSR count). The third-order valence-electron chi connectivity index (χ3n) is 5.83. The number of halogens is 4. The third kappa shape index (κ3) is 6.43. The summed E-state index contributed by atoms with van der Waals surface area (Å²) in [5.74, 6) is 0.696. The molecule has 200 valence electrons. The molecule has 0 bridgehead atoms. The van der Waals surface area contributed by atoms with Crippen molar-refractivity contribution in [2.75, 3.05) is 6.61 Å². The first-order valence-corrected chi connectivity index (χ1v) is 12.3. The van der Waals surface area contributed by atoms with Crippen LogP contribution in [-0.2, 0) is 24.9 Å². The van der Waals surface area contributed by atoms with Crippen molar-refractivity contribution in [3.8, 4) is 17.1 Å². The van der Waals surface area contributed by atoms with Crippen molar-refractivity contribution >= 4 is 22.5 Å². The van der Waals surface area contributed by atoms with Crippen LogP contribution in [0.2, 0.25) is 5.02 Å². The third-order valence-corrected chi connectivity index (χ3v) is 6.17. The van der Waals surface area contributed by atoms with Gasteiger partial charge in [-0.25, -0.2) is 19.0 Å². The van der Waals surface area contributed by atoms with Crippen LogP contribution in [0.25, 0.3) is 22.3 Å². The number of benzene rings is 2. The van der Waals surface area contributed by atoms with Gasteiger partial charge in [0.2, 0.25) is 0 Å². The van der Waals surface area contributed by atoms with E-state index in [0.29, 0.717) is 40.3 Å². The number of hydrogen-bond acceptors (Lipinski definition) is 6. The highest BCUT2D eigenvalue weighted by Crippen LogP contribution is 2.33. The largest absolute Gasteiger partial charge is 0.487 e. The maximum absolute atomic E-state index is 14.2.